The molecule has 0 amide bonds. The van der Waals surface area contributed by atoms with E-state index >= 15 is 0 Å². The summed E-state index contributed by atoms with van der Waals surface area (Å²) in [6, 6.07) is 7.10. The lowest BCUT2D eigenvalue weighted by molar-refractivity contribution is 0.0398. The SMILES string of the molecule is CCS(=O)(=O)c1ccccc1NCCN1CCOCC1. The molecule has 1 aromatic carbocycles. The maximum absolute atomic E-state index is 12.0. The van der Waals surface area contributed by atoms with Crippen LogP contribution in [0.4, 0.5) is 5.69 Å². The van der Waals surface area contributed by atoms with Gasteiger partial charge in [0.25, 0.3) is 0 Å². The molecule has 0 bridgehead atoms. The van der Waals surface area contributed by atoms with E-state index in [0.29, 0.717) is 10.6 Å². The van der Waals surface area contributed by atoms with Crippen molar-refractivity contribution in [3.8, 4) is 0 Å². The average Bonchev–Trinajstić information content (AvgIpc) is 2.49. The minimum atomic E-state index is -3.18. The fourth-order valence-electron chi connectivity index (χ4n) is 2.21. The second kappa shape index (κ2) is 7.06. The molecule has 0 aliphatic carbocycles. The van der Waals surface area contributed by atoms with Crippen LogP contribution in [0.15, 0.2) is 29.2 Å². The maximum Gasteiger partial charge on any atom is 0.180 e. The molecule has 112 valence electrons. The molecule has 1 heterocycles. The van der Waals surface area contributed by atoms with Crippen LogP contribution in [0.25, 0.3) is 0 Å². The van der Waals surface area contributed by atoms with Gasteiger partial charge in [0.05, 0.1) is 29.5 Å². The molecular formula is C14H22N2O3S. The van der Waals surface area contributed by atoms with Crippen molar-refractivity contribution in [1.29, 1.82) is 0 Å². The third-order valence-corrected chi connectivity index (χ3v) is 5.24. The third-order valence-electron chi connectivity index (χ3n) is 3.45. The van der Waals surface area contributed by atoms with E-state index < -0.39 is 9.84 Å². The van der Waals surface area contributed by atoms with Gasteiger partial charge in [-0.3, -0.25) is 4.90 Å². The van der Waals surface area contributed by atoms with Crippen molar-refractivity contribution < 1.29 is 13.2 Å². The number of benzene rings is 1. The van der Waals surface area contributed by atoms with Crippen molar-refractivity contribution >= 4 is 15.5 Å². The minimum absolute atomic E-state index is 0.120. The quantitative estimate of drug-likeness (QED) is 0.856. The topological polar surface area (TPSA) is 58.6 Å². The number of rotatable bonds is 6. The van der Waals surface area contributed by atoms with Crippen LogP contribution in [-0.2, 0) is 14.6 Å². The Balaban J connectivity index is 1.95. The van der Waals surface area contributed by atoms with Gasteiger partial charge in [0, 0.05) is 26.2 Å². The number of morpholine rings is 1. The normalized spacial score (nSPS) is 17.1. The molecule has 5 nitrogen and oxygen atoms in total. The lowest BCUT2D eigenvalue weighted by atomic mass is 10.3. The highest BCUT2D eigenvalue weighted by atomic mass is 32.2. The lowest BCUT2D eigenvalue weighted by Gasteiger charge is -2.26. The summed E-state index contributed by atoms with van der Waals surface area (Å²) < 4.78 is 29.3. The lowest BCUT2D eigenvalue weighted by Crippen LogP contribution is -2.39. The largest absolute Gasteiger partial charge is 0.383 e. The van der Waals surface area contributed by atoms with Crippen LogP contribution in [-0.4, -0.2) is 58.5 Å². The highest BCUT2D eigenvalue weighted by molar-refractivity contribution is 7.91. The van der Waals surface area contributed by atoms with E-state index in [2.05, 4.69) is 10.2 Å². The Hall–Kier alpha value is -1.11. The Bertz CT molecular complexity index is 525. The first-order chi connectivity index (χ1) is 9.63. The first kappa shape index (κ1) is 15.3. The number of nitrogens with one attached hydrogen (secondary N) is 1. The summed E-state index contributed by atoms with van der Waals surface area (Å²) in [7, 11) is -3.18. The molecule has 0 atom stereocenters. The van der Waals surface area contributed by atoms with Gasteiger partial charge in [-0.25, -0.2) is 8.42 Å². The number of ether oxygens (including phenoxy) is 1. The monoisotopic (exact) mass is 298 g/mol. The molecule has 20 heavy (non-hydrogen) atoms. The van der Waals surface area contributed by atoms with Crippen molar-refractivity contribution in [1.82, 2.24) is 4.90 Å². The Labute approximate surface area is 120 Å². The van der Waals surface area contributed by atoms with E-state index in [-0.39, 0.29) is 5.75 Å². The highest BCUT2D eigenvalue weighted by Crippen LogP contribution is 2.21. The Morgan fingerprint density at radius 3 is 2.65 bits per heavy atom. The standard InChI is InChI=1S/C14H22N2O3S/c1-2-20(17,18)14-6-4-3-5-13(14)15-7-8-16-9-11-19-12-10-16/h3-6,15H,2,7-12H2,1H3. The summed E-state index contributed by atoms with van der Waals surface area (Å²) in [5.74, 6) is 0.120. The Morgan fingerprint density at radius 1 is 1.25 bits per heavy atom. The maximum atomic E-state index is 12.0. The summed E-state index contributed by atoms with van der Waals surface area (Å²) in [5.41, 5.74) is 0.697. The van der Waals surface area contributed by atoms with Gasteiger partial charge in [0.15, 0.2) is 9.84 Å². The van der Waals surface area contributed by atoms with Gasteiger partial charge in [-0.2, -0.15) is 0 Å². The van der Waals surface area contributed by atoms with Gasteiger partial charge in [-0.05, 0) is 12.1 Å². The van der Waals surface area contributed by atoms with Gasteiger partial charge in [0.2, 0.25) is 0 Å². The molecule has 0 aromatic heterocycles. The van der Waals surface area contributed by atoms with Crippen molar-refractivity contribution in [2.75, 3.05) is 50.5 Å². The molecule has 0 spiro atoms. The molecule has 1 aliphatic rings. The molecule has 1 saturated heterocycles. The molecule has 6 heteroatoms. The van der Waals surface area contributed by atoms with E-state index in [4.69, 9.17) is 4.74 Å². The Kier molecular flexibility index (Phi) is 5.39. The summed E-state index contributed by atoms with van der Waals surface area (Å²) in [6.45, 7) is 6.73. The fraction of sp³-hybridized carbons (Fsp3) is 0.571. The van der Waals surface area contributed by atoms with Gasteiger partial charge >= 0.3 is 0 Å². The summed E-state index contributed by atoms with van der Waals surface area (Å²) in [5, 5.41) is 3.24. The first-order valence-electron chi connectivity index (χ1n) is 6.99. The number of sulfone groups is 1. The van der Waals surface area contributed by atoms with E-state index in [0.717, 1.165) is 39.4 Å². The Morgan fingerprint density at radius 2 is 1.95 bits per heavy atom. The van der Waals surface area contributed by atoms with Crippen LogP contribution in [0, 0.1) is 0 Å². The van der Waals surface area contributed by atoms with Gasteiger partial charge in [0.1, 0.15) is 0 Å². The third kappa shape index (κ3) is 3.94. The van der Waals surface area contributed by atoms with E-state index in [9.17, 15) is 8.42 Å². The van der Waals surface area contributed by atoms with Crippen LogP contribution in [0.2, 0.25) is 0 Å². The number of hydrogen-bond donors (Lipinski definition) is 1. The van der Waals surface area contributed by atoms with E-state index in [1.165, 1.54) is 0 Å². The zero-order chi connectivity index (χ0) is 14.4. The summed E-state index contributed by atoms with van der Waals surface area (Å²) in [6.07, 6.45) is 0. The van der Waals surface area contributed by atoms with Gasteiger partial charge in [-0.15, -0.1) is 0 Å². The fourth-order valence-corrected chi connectivity index (χ4v) is 3.29. The predicted molar refractivity (Wildman–Crippen MR) is 79.9 cm³/mol. The number of hydrogen-bond acceptors (Lipinski definition) is 5. The zero-order valence-corrected chi connectivity index (χ0v) is 12.7. The number of nitrogens with zero attached hydrogens (tertiary/aromatic N) is 1. The highest BCUT2D eigenvalue weighted by Gasteiger charge is 2.16. The zero-order valence-electron chi connectivity index (χ0n) is 11.8. The predicted octanol–water partition coefficient (Wildman–Crippen LogP) is 1.22. The molecule has 1 N–H and O–H groups in total. The van der Waals surface area contributed by atoms with Crippen LogP contribution in [0.3, 0.4) is 0 Å². The van der Waals surface area contributed by atoms with Gasteiger partial charge in [-0.1, -0.05) is 19.1 Å². The van der Waals surface area contributed by atoms with E-state index in [1.807, 2.05) is 12.1 Å². The van der Waals surface area contributed by atoms with Crippen LogP contribution >= 0.6 is 0 Å². The molecule has 0 unspecified atom stereocenters. The van der Waals surface area contributed by atoms with Crippen molar-refractivity contribution in [3.05, 3.63) is 24.3 Å². The first-order valence-corrected chi connectivity index (χ1v) is 8.64. The van der Waals surface area contributed by atoms with Crippen molar-refractivity contribution in [2.45, 2.75) is 11.8 Å². The minimum Gasteiger partial charge on any atom is -0.383 e. The van der Waals surface area contributed by atoms with Crippen molar-refractivity contribution in [2.24, 2.45) is 0 Å². The molecule has 1 aliphatic heterocycles. The van der Waals surface area contributed by atoms with Crippen LogP contribution in [0.5, 0.6) is 0 Å². The van der Waals surface area contributed by atoms with Crippen LogP contribution < -0.4 is 5.32 Å². The number of anilines is 1. The molecule has 0 saturated carbocycles. The smallest absolute Gasteiger partial charge is 0.180 e. The van der Waals surface area contributed by atoms with Crippen LogP contribution in [0.1, 0.15) is 6.92 Å². The molecule has 1 fully saturated rings. The van der Waals surface area contributed by atoms with Crippen molar-refractivity contribution in [3.63, 3.8) is 0 Å². The van der Waals surface area contributed by atoms with Gasteiger partial charge < -0.3 is 10.1 Å². The molecule has 2 rings (SSSR count). The van der Waals surface area contributed by atoms with E-state index in [1.54, 1.807) is 19.1 Å². The summed E-state index contributed by atoms with van der Waals surface area (Å²) in [4.78, 5) is 2.71. The second-order valence-electron chi connectivity index (χ2n) is 4.78. The average molecular weight is 298 g/mol. The molecular weight excluding hydrogens is 276 g/mol. The second-order valence-corrected chi connectivity index (χ2v) is 7.03. The molecule has 1 aromatic rings. The number of para-hydroxylation sites is 1. The molecule has 0 radical (unpaired) electrons. The summed E-state index contributed by atoms with van der Waals surface area (Å²) >= 11 is 0.